The molecule has 0 aliphatic rings. The molecule has 0 aromatic heterocycles. The highest BCUT2D eigenvalue weighted by molar-refractivity contribution is 6.06. The summed E-state index contributed by atoms with van der Waals surface area (Å²) in [6, 6.07) is 0. The largest absolute Gasteiger partial charge is 0.349 e. The molecule has 0 atom stereocenters. The fourth-order valence-corrected chi connectivity index (χ4v) is 0.812. The molecule has 0 amide bonds. The zero-order valence-corrected chi connectivity index (χ0v) is 7.92. The van der Waals surface area contributed by atoms with Gasteiger partial charge in [0, 0.05) is 7.05 Å². The lowest BCUT2D eigenvalue weighted by Crippen LogP contribution is -2.18. The smallest absolute Gasteiger partial charge is 0.204 e. The Bertz CT molecular complexity index is 238. The van der Waals surface area contributed by atoms with Gasteiger partial charge in [0.2, 0.25) is 5.78 Å². The zero-order chi connectivity index (χ0) is 9.72. The molecule has 0 spiro atoms. The highest BCUT2D eigenvalue weighted by Gasteiger charge is 2.10. The van der Waals surface area contributed by atoms with Crippen LogP contribution in [-0.4, -0.2) is 17.7 Å². The number of carbonyl (C=O) groups is 1. The molecular weight excluding hydrogens is 150 g/mol. The van der Waals surface area contributed by atoms with E-state index >= 15 is 0 Å². The van der Waals surface area contributed by atoms with E-state index in [-0.39, 0.29) is 5.78 Å². The van der Waals surface area contributed by atoms with Crippen LogP contribution in [0.3, 0.4) is 0 Å². The molecule has 0 heterocycles. The van der Waals surface area contributed by atoms with Crippen molar-refractivity contribution in [2.45, 2.75) is 13.8 Å². The Morgan fingerprint density at radius 1 is 1.50 bits per heavy atom. The lowest BCUT2D eigenvalue weighted by molar-refractivity contribution is -0.113. The van der Waals surface area contributed by atoms with Crippen LogP contribution in [0, 0.1) is 0 Å². The topological polar surface area (TPSA) is 20.3 Å². The van der Waals surface area contributed by atoms with Crippen LogP contribution in [0.5, 0.6) is 0 Å². The number of carbonyl (C=O) groups excluding carboxylic acids is 1. The van der Waals surface area contributed by atoms with Gasteiger partial charge in [0.25, 0.3) is 0 Å². The maximum atomic E-state index is 11.4. The second-order valence-electron chi connectivity index (χ2n) is 2.58. The lowest BCUT2D eigenvalue weighted by atomic mass is 10.1. The predicted octanol–water partition coefficient (Wildman–Crippen LogP) is 2.11. The van der Waals surface area contributed by atoms with Crippen molar-refractivity contribution in [2.75, 3.05) is 7.05 Å². The maximum absolute atomic E-state index is 11.4. The number of likely N-dealkylation sites (N-methyl/N-ethyl adjacent to an activating group) is 1. The minimum Gasteiger partial charge on any atom is -0.349 e. The Labute approximate surface area is 73.9 Å². The van der Waals surface area contributed by atoms with Crippen molar-refractivity contribution >= 4 is 5.78 Å². The molecule has 0 rings (SSSR count). The van der Waals surface area contributed by atoms with E-state index in [9.17, 15) is 4.79 Å². The average Bonchev–Trinajstić information content (AvgIpc) is 2.05. The molecule has 2 heteroatoms. The van der Waals surface area contributed by atoms with Gasteiger partial charge in [-0.1, -0.05) is 19.2 Å². The van der Waals surface area contributed by atoms with Crippen LogP contribution in [0.2, 0.25) is 0 Å². The molecule has 0 fully saturated rings. The van der Waals surface area contributed by atoms with Crippen molar-refractivity contribution in [2.24, 2.45) is 0 Å². The quantitative estimate of drug-likeness (QED) is 0.595. The van der Waals surface area contributed by atoms with Gasteiger partial charge in [-0.25, -0.2) is 0 Å². The number of ketones is 1. The minimum absolute atomic E-state index is 0.0418. The minimum atomic E-state index is -0.0418. The van der Waals surface area contributed by atoms with E-state index in [1.54, 1.807) is 31.1 Å². The first-order chi connectivity index (χ1) is 5.54. The molecule has 0 saturated heterocycles. The standard InChI is InChI=1S/C10H15NO/c1-6-9(11(5)7-2)10(12)8(3)4/h6-7H,2-3H2,1,4-5H3. The Morgan fingerprint density at radius 3 is 2.25 bits per heavy atom. The highest BCUT2D eigenvalue weighted by atomic mass is 16.1. The summed E-state index contributed by atoms with van der Waals surface area (Å²) in [5.74, 6) is -0.0418. The zero-order valence-electron chi connectivity index (χ0n) is 7.92. The summed E-state index contributed by atoms with van der Waals surface area (Å²) in [5, 5.41) is 0. The fraction of sp³-hybridized carbons (Fsp3) is 0.300. The van der Waals surface area contributed by atoms with Crippen LogP contribution >= 0.6 is 0 Å². The van der Waals surface area contributed by atoms with Crippen LogP contribution in [0.4, 0.5) is 0 Å². The Morgan fingerprint density at radius 2 is 2.00 bits per heavy atom. The van der Waals surface area contributed by atoms with E-state index in [4.69, 9.17) is 0 Å². The van der Waals surface area contributed by atoms with Gasteiger partial charge in [0.05, 0.1) is 5.70 Å². The molecule has 66 valence electrons. The van der Waals surface area contributed by atoms with Crippen LogP contribution in [0.1, 0.15) is 13.8 Å². The van der Waals surface area contributed by atoms with Crippen LogP contribution in [0.25, 0.3) is 0 Å². The normalized spacial score (nSPS) is 10.8. The monoisotopic (exact) mass is 165 g/mol. The third-order valence-corrected chi connectivity index (χ3v) is 1.55. The van der Waals surface area contributed by atoms with Gasteiger partial charge in [0.15, 0.2) is 0 Å². The number of hydrogen-bond acceptors (Lipinski definition) is 2. The van der Waals surface area contributed by atoms with Crippen molar-refractivity contribution < 1.29 is 4.79 Å². The molecule has 0 saturated carbocycles. The number of Topliss-reactive ketones (excluding diaryl/α,β-unsaturated/α-hetero) is 1. The van der Waals surface area contributed by atoms with Crippen LogP contribution in [-0.2, 0) is 4.79 Å². The fourth-order valence-electron chi connectivity index (χ4n) is 0.812. The van der Waals surface area contributed by atoms with Gasteiger partial charge in [-0.3, -0.25) is 4.79 Å². The van der Waals surface area contributed by atoms with Gasteiger partial charge in [-0.05, 0) is 25.6 Å². The first kappa shape index (κ1) is 10.7. The average molecular weight is 165 g/mol. The van der Waals surface area contributed by atoms with Gasteiger partial charge < -0.3 is 4.90 Å². The van der Waals surface area contributed by atoms with Crippen LogP contribution in [0.15, 0.2) is 36.7 Å². The Balaban J connectivity index is 4.70. The number of nitrogens with zero attached hydrogens (tertiary/aromatic N) is 1. The molecule has 0 aromatic rings. The number of hydrogen-bond donors (Lipinski definition) is 0. The van der Waals surface area contributed by atoms with Gasteiger partial charge in [-0.15, -0.1) is 0 Å². The van der Waals surface area contributed by atoms with Crippen LogP contribution < -0.4 is 0 Å². The predicted molar refractivity (Wildman–Crippen MR) is 51.5 cm³/mol. The first-order valence-electron chi connectivity index (χ1n) is 3.76. The molecule has 12 heavy (non-hydrogen) atoms. The Hall–Kier alpha value is -1.31. The summed E-state index contributed by atoms with van der Waals surface area (Å²) in [5.41, 5.74) is 1.15. The van der Waals surface area contributed by atoms with Gasteiger partial charge >= 0.3 is 0 Å². The third kappa shape index (κ3) is 2.38. The van der Waals surface area contributed by atoms with Crippen molar-refractivity contribution in [1.82, 2.24) is 4.90 Å². The number of rotatable bonds is 4. The van der Waals surface area contributed by atoms with Crippen molar-refractivity contribution in [3.63, 3.8) is 0 Å². The van der Waals surface area contributed by atoms with Gasteiger partial charge in [0.1, 0.15) is 0 Å². The molecule has 0 N–H and O–H groups in total. The van der Waals surface area contributed by atoms with Crippen molar-refractivity contribution in [1.29, 1.82) is 0 Å². The van der Waals surface area contributed by atoms with E-state index in [2.05, 4.69) is 13.2 Å². The molecule has 0 aliphatic heterocycles. The molecule has 0 aliphatic carbocycles. The highest BCUT2D eigenvalue weighted by Crippen LogP contribution is 2.07. The summed E-state index contributed by atoms with van der Waals surface area (Å²) in [7, 11) is 1.78. The summed E-state index contributed by atoms with van der Waals surface area (Å²) in [4.78, 5) is 13.1. The Kier molecular flexibility index (Phi) is 4.05. The summed E-state index contributed by atoms with van der Waals surface area (Å²) >= 11 is 0. The van der Waals surface area contributed by atoms with E-state index < -0.39 is 0 Å². The first-order valence-corrected chi connectivity index (χ1v) is 3.76. The second-order valence-corrected chi connectivity index (χ2v) is 2.58. The van der Waals surface area contributed by atoms with Crippen molar-refractivity contribution in [3.05, 3.63) is 36.7 Å². The molecule has 0 aromatic carbocycles. The molecular formula is C10H15NO. The molecule has 0 radical (unpaired) electrons. The summed E-state index contributed by atoms with van der Waals surface area (Å²) in [6.45, 7) is 10.7. The van der Waals surface area contributed by atoms with E-state index in [1.807, 2.05) is 6.92 Å². The summed E-state index contributed by atoms with van der Waals surface area (Å²) < 4.78 is 0. The lowest BCUT2D eigenvalue weighted by Gasteiger charge is -2.15. The van der Waals surface area contributed by atoms with E-state index in [0.29, 0.717) is 11.3 Å². The molecule has 0 bridgehead atoms. The van der Waals surface area contributed by atoms with E-state index in [1.165, 1.54) is 0 Å². The SMILES string of the molecule is C=CN(C)C(=CC)C(=O)C(=C)C. The third-order valence-electron chi connectivity index (χ3n) is 1.55. The second kappa shape index (κ2) is 4.54. The van der Waals surface area contributed by atoms with Crippen molar-refractivity contribution in [3.8, 4) is 0 Å². The molecule has 0 unspecified atom stereocenters. The number of allylic oxidation sites excluding steroid dienone is 2. The molecule has 2 nitrogen and oxygen atoms in total. The summed E-state index contributed by atoms with van der Waals surface area (Å²) in [6.07, 6.45) is 3.34. The van der Waals surface area contributed by atoms with E-state index in [0.717, 1.165) is 0 Å². The maximum Gasteiger partial charge on any atom is 0.204 e. The van der Waals surface area contributed by atoms with Gasteiger partial charge in [-0.2, -0.15) is 0 Å².